The number of pyridine rings is 1. The number of ether oxygens (including phenoxy) is 2. The molecule has 0 saturated carbocycles. The van der Waals surface area contributed by atoms with Crippen LogP contribution in [-0.4, -0.2) is 28.6 Å². The predicted molar refractivity (Wildman–Crippen MR) is 123 cm³/mol. The zero-order valence-electron chi connectivity index (χ0n) is 17.3. The van der Waals surface area contributed by atoms with Crippen LogP contribution in [0, 0.1) is 10.1 Å². The van der Waals surface area contributed by atoms with Gasteiger partial charge in [0.1, 0.15) is 17.7 Å². The molecule has 33 heavy (non-hydrogen) atoms. The Morgan fingerprint density at radius 2 is 1.82 bits per heavy atom. The van der Waals surface area contributed by atoms with E-state index in [1.54, 1.807) is 24.3 Å². The zero-order valence-corrected chi connectivity index (χ0v) is 17.3. The largest absolute Gasteiger partial charge is 0.483 e. The second-order valence-corrected chi connectivity index (χ2v) is 6.84. The number of carbonyl (C=O) groups excluding carboxylic acids is 1. The number of amides is 1. The number of hydrogen-bond acceptors (Lipinski definition) is 7. The number of nitro groups is 1. The lowest BCUT2D eigenvalue weighted by Crippen LogP contribution is -2.24. The first-order chi connectivity index (χ1) is 16.1. The number of nitrogens with one attached hydrogen (secondary N) is 1. The van der Waals surface area contributed by atoms with Crippen LogP contribution in [0.5, 0.6) is 17.4 Å². The van der Waals surface area contributed by atoms with Crippen LogP contribution < -0.4 is 14.9 Å². The Morgan fingerprint density at radius 1 is 1.03 bits per heavy atom. The van der Waals surface area contributed by atoms with E-state index >= 15 is 0 Å². The molecule has 1 heterocycles. The molecular weight excluding hydrogens is 424 g/mol. The maximum atomic E-state index is 12.0. The molecular formula is C24H18N4O5. The number of fused-ring (bicyclic) bond motifs is 1. The molecule has 0 atom stereocenters. The standard InChI is InChI=1S/C24H18N4O5/c29-23(16-32-22-7-3-5-18-4-1-2-6-21(18)22)27-26-14-17-8-11-20(12-9-17)33-24-13-10-19(15-25-24)28(30)31/h1-15H,16H2,(H,27,29). The molecule has 0 aliphatic heterocycles. The monoisotopic (exact) mass is 442 g/mol. The van der Waals surface area contributed by atoms with Crippen LogP contribution in [0.1, 0.15) is 5.56 Å². The lowest BCUT2D eigenvalue weighted by molar-refractivity contribution is -0.385. The molecule has 0 radical (unpaired) electrons. The number of benzene rings is 3. The Bertz CT molecular complexity index is 1300. The van der Waals surface area contributed by atoms with Gasteiger partial charge in [-0.15, -0.1) is 0 Å². The minimum atomic E-state index is -0.528. The molecule has 4 aromatic rings. The van der Waals surface area contributed by atoms with Crippen LogP contribution in [0.25, 0.3) is 10.8 Å². The number of carbonyl (C=O) groups is 1. The van der Waals surface area contributed by atoms with Crippen molar-refractivity contribution in [3.8, 4) is 17.4 Å². The number of hydrazone groups is 1. The van der Waals surface area contributed by atoms with E-state index in [0.29, 0.717) is 11.5 Å². The Balaban J connectivity index is 1.27. The first-order valence-corrected chi connectivity index (χ1v) is 9.89. The normalized spacial score (nSPS) is 10.8. The minimum Gasteiger partial charge on any atom is -0.483 e. The average Bonchev–Trinajstić information content (AvgIpc) is 2.84. The molecule has 0 aliphatic carbocycles. The molecule has 0 bridgehead atoms. The fourth-order valence-corrected chi connectivity index (χ4v) is 2.96. The fraction of sp³-hybridized carbons (Fsp3) is 0.0417. The zero-order chi connectivity index (χ0) is 23.0. The van der Waals surface area contributed by atoms with E-state index in [9.17, 15) is 14.9 Å². The van der Waals surface area contributed by atoms with Crippen LogP contribution in [-0.2, 0) is 4.79 Å². The molecule has 3 aromatic carbocycles. The first kappa shape index (κ1) is 21.4. The van der Waals surface area contributed by atoms with E-state index in [1.165, 1.54) is 18.3 Å². The third-order valence-electron chi connectivity index (χ3n) is 4.55. The van der Waals surface area contributed by atoms with Crippen molar-refractivity contribution in [1.29, 1.82) is 0 Å². The molecule has 0 unspecified atom stereocenters. The summed E-state index contributed by atoms with van der Waals surface area (Å²) in [5, 5.41) is 16.6. The maximum absolute atomic E-state index is 12.0. The first-order valence-electron chi connectivity index (χ1n) is 9.89. The Kier molecular flexibility index (Phi) is 6.51. The predicted octanol–water partition coefficient (Wildman–Crippen LogP) is 4.46. The van der Waals surface area contributed by atoms with E-state index in [4.69, 9.17) is 9.47 Å². The van der Waals surface area contributed by atoms with E-state index in [-0.39, 0.29) is 24.1 Å². The van der Waals surface area contributed by atoms with Crippen molar-refractivity contribution in [2.24, 2.45) is 5.10 Å². The van der Waals surface area contributed by atoms with Crippen LogP contribution >= 0.6 is 0 Å². The van der Waals surface area contributed by atoms with E-state index < -0.39 is 4.92 Å². The highest BCUT2D eigenvalue weighted by atomic mass is 16.6. The number of hydrogen-bond donors (Lipinski definition) is 1. The molecule has 1 N–H and O–H groups in total. The van der Waals surface area contributed by atoms with Gasteiger partial charge in [0, 0.05) is 17.5 Å². The number of nitrogens with zero attached hydrogens (tertiary/aromatic N) is 3. The molecule has 1 aromatic heterocycles. The van der Waals surface area contributed by atoms with Crippen molar-refractivity contribution in [2.45, 2.75) is 0 Å². The highest BCUT2D eigenvalue weighted by Crippen LogP contribution is 2.25. The van der Waals surface area contributed by atoms with Crippen LogP contribution in [0.3, 0.4) is 0 Å². The van der Waals surface area contributed by atoms with Crippen molar-refractivity contribution in [1.82, 2.24) is 10.4 Å². The fourth-order valence-electron chi connectivity index (χ4n) is 2.96. The SMILES string of the molecule is O=C(COc1cccc2ccccc12)NN=Cc1ccc(Oc2ccc([N+](=O)[O-])cn2)cc1. The topological polar surface area (TPSA) is 116 Å². The summed E-state index contributed by atoms with van der Waals surface area (Å²) >= 11 is 0. The summed E-state index contributed by atoms with van der Waals surface area (Å²) < 4.78 is 11.2. The van der Waals surface area contributed by atoms with Crippen LogP contribution in [0.2, 0.25) is 0 Å². The summed E-state index contributed by atoms with van der Waals surface area (Å²) in [6.45, 7) is -0.166. The Morgan fingerprint density at radius 3 is 2.58 bits per heavy atom. The second kappa shape index (κ2) is 10.0. The third-order valence-corrected chi connectivity index (χ3v) is 4.55. The summed E-state index contributed by atoms with van der Waals surface area (Å²) in [5.74, 6) is 0.982. The average molecular weight is 442 g/mol. The lowest BCUT2D eigenvalue weighted by atomic mass is 10.1. The number of rotatable bonds is 8. The summed E-state index contributed by atoms with van der Waals surface area (Å²) in [7, 11) is 0. The van der Waals surface area contributed by atoms with Crippen molar-refractivity contribution in [3.05, 3.63) is 101 Å². The lowest BCUT2D eigenvalue weighted by Gasteiger charge is -2.08. The molecule has 9 heteroatoms. The van der Waals surface area contributed by atoms with E-state index in [2.05, 4.69) is 15.5 Å². The summed E-state index contributed by atoms with van der Waals surface area (Å²) in [5.41, 5.74) is 3.05. The summed E-state index contributed by atoms with van der Waals surface area (Å²) in [4.78, 5) is 26.1. The van der Waals surface area contributed by atoms with Gasteiger partial charge in [-0.2, -0.15) is 5.10 Å². The quantitative estimate of drug-likeness (QED) is 0.245. The van der Waals surface area contributed by atoms with Crippen LogP contribution in [0.15, 0.2) is 90.2 Å². The molecule has 0 fully saturated rings. The van der Waals surface area contributed by atoms with Crippen molar-refractivity contribution in [3.63, 3.8) is 0 Å². The Hall–Kier alpha value is -4.79. The maximum Gasteiger partial charge on any atom is 0.287 e. The summed E-state index contributed by atoms with van der Waals surface area (Å²) in [6.07, 6.45) is 2.62. The van der Waals surface area contributed by atoms with Gasteiger partial charge in [0.15, 0.2) is 6.61 Å². The minimum absolute atomic E-state index is 0.113. The Labute approximate surface area is 188 Å². The molecule has 0 spiro atoms. The summed E-state index contributed by atoms with van der Waals surface area (Å²) in [6, 6.07) is 23.0. The molecule has 9 nitrogen and oxygen atoms in total. The molecule has 1 amide bonds. The van der Waals surface area contributed by atoms with Gasteiger partial charge in [0.05, 0.1) is 11.1 Å². The number of aromatic nitrogens is 1. The van der Waals surface area contributed by atoms with Gasteiger partial charge in [-0.3, -0.25) is 14.9 Å². The highest BCUT2D eigenvalue weighted by molar-refractivity contribution is 5.89. The van der Waals surface area contributed by atoms with Gasteiger partial charge < -0.3 is 9.47 Å². The van der Waals surface area contributed by atoms with Crippen molar-refractivity contribution in [2.75, 3.05) is 6.61 Å². The highest BCUT2D eigenvalue weighted by Gasteiger charge is 2.07. The third kappa shape index (κ3) is 5.67. The van der Waals surface area contributed by atoms with Gasteiger partial charge in [-0.25, -0.2) is 10.4 Å². The molecule has 0 aliphatic rings. The van der Waals surface area contributed by atoms with Gasteiger partial charge in [0.2, 0.25) is 5.88 Å². The van der Waals surface area contributed by atoms with Gasteiger partial charge in [-0.1, -0.05) is 36.4 Å². The van der Waals surface area contributed by atoms with E-state index in [1.807, 2.05) is 42.5 Å². The van der Waals surface area contributed by atoms with Gasteiger partial charge in [0.25, 0.3) is 11.6 Å². The van der Waals surface area contributed by atoms with Crippen LogP contribution in [0.4, 0.5) is 5.69 Å². The van der Waals surface area contributed by atoms with Crippen molar-refractivity contribution >= 4 is 28.6 Å². The second-order valence-electron chi connectivity index (χ2n) is 6.84. The van der Waals surface area contributed by atoms with Gasteiger partial charge in [-0.05, 0) is 41.3 Å². The molecule has 0 saturated heterocycles. The van der Waals surface area contributed by atoms with Gasteiger partial charge >= 0.3 is 0 Å². The van der Waals surface area contributed by atoms with E-state index in [0.717, 1.165) is 22.5 Å². The molecule has 164 valence electrons. The smallest absolute Gasteiger partial charge is 0.287 e. The van der Waals surface area contributed by atoms with Crippen molar-refractivity contribution < 1.29 is 19.2 Å². The molecule has 4 rings (SSSR count).